The zero-order chi connectivity index (χ0) is 8.53. The molecule has 0 aromatic rings. The molecule has 1 radical (unpaired) electrons. The average Bonchev–Trinajstić information content (AvgIpc) is 2.05. The smallest absolute Gasteiger partial charge is 0.0951 e. The lowest BCUT2D eigenvalue weighted by Crippen LogP contribution is -2.01. The third-order valence-electron chi connectivity index (χ3n) is 1.92. The van der Waals surface area contributed by atoms with Crippen molar-refractivity contribution >= 4 is 28.7 Å². The van der Waals surface area contributed by atoms with Gasteiger partial charge in [0.25, 0.3) is 0 Å². The van der Waals surface area contributed by atoms with Gasteiger partial charge in [-0.1, -0.05) is 45.3 Å². The molecule has 11 heavy (non-hydrogen) atoms. The standard InChI is InChI=1S/C9H17S2/c1-3-5-6-9(4-2)7-11-8-10/h9H,3-7H2,1-2H3. The lowest BCUT2D eigenvalue weighted by Gasteiger charge is -2.11. The summed E-state index contributed by atoms with van der Waals surface area (Å²) >= 11 is 6.30. The number of thioether (sulfide) groups is 1. The molecule has 0 nitrogen and oxygen atoms in total. The Hall–Kier alpha value is 0.440. The number of unbranched alkanes of at least 4 members (excludes halogenated alkanes) is 1. The molecular weight excluding hydrogens is 172 g/mol. The van der Waals surface area contributed by atoms with Gasteiger partial charge in [0.05, 0.1) is 4.70 Å². The number of hydrogen-bond acceptors (Lipinski definition) is 2. The summed E-state index contributed by atoms with van der Waals surface area (Å²) < 4.78 is 2.71. The van der Waals surface area contributed by atoms with Crippen LogP contribution >= 0.6 is 24.0 Å². The Bertz CT molecular complexity index is 91.6. The molecule has 65 valence electrons. The van der Waals surface area contributed by atoms with Gasteiger partial charge in [0.1, 0.15) is 0 Å². The summed E-state index contributed by atoms with van der Waals surface area (Å²) in [7, 11) is 0. The van der Waals surface area contributed by atoms with Crippen molar-refractivity contribution in [1.82, 2.24) is 0 Å². The maximum atomic E-state index is 4.64. The highest BCUT2D eigenvalue weighted by molar-refractivity contribution is 8.20. The topological polar surface area (TPSA) is 0 Å². The summed E-state index contributed by atoms with van der Waals surface area (Å²) in [6.45, 7) is 4.50. The van der Waals surface area contributed by atoms with Crippen LogP contribution in [0.1, 0.15) is 39.5 Å². The second-order valence-electron chi connectivity index (χ2n) is 2.81. The first-order valence-corrected chi connectivity index (χ1v) is 5.73. The number of hydrogen-bond donors (Lipinski definition) is 0. The van der Waals surface area contributed by atoms with Gasteiger partial charge in [0.2, 0.25) is 0 Å². The molecule has 0 saturated heterocycles. The van der Waals surface area contributed by atoms with Crippen LogP contribution in [0.4, 0.5) is 0 Å². The molecule has 0 aromatic heterocycles. The normalized spacial score (nSPS) is 12.9. The summed E-state index contributed by atoms with van der Waals surface area (Å²) in [5, 5.41) is 0. The molecule has 1 unspecified atom stereocenters. The minimum Gasteiger partial charge on any atom is -0.112 e. The molecule has 0 saturated carbocycles. The third kappa shape index (κ3) is 6.82. The molecule has 0 fully saturated rings. The molecule has 0 aliphatic rings. The maximum absolute atomic E-state index is 4.64. The van der Waals surface area contributed by atoms with Gasteiger partial charge in [0, 0.05) is 5.75 Å². The van der Waals surface area contributed by atoms with E-state index in [1.165, 1.54) is 31.4 Å². The van der Waals surface area contributed by atoms with Crippen LogP contribution in [0.2, 0.25) is 0 Å². The summed E-state index contributed by atoms with van der Waals surface area (Å²) in [5.41, 5.74) is 0. The quantitative estimate of drug-likeness (QED) is 0.559. The number of thiocarbonyl (C=S) groups is 1. The molecule has 0 N–H and O–H groups in total. The molecule has 0 aliphatic carbocycles. The summed E-state index contributed by atoms with van der Waals surface area (Å²) in [6, 6.07) is 0. The highest BCUT2D eigenvalue weighted by Gasteiger charge is 2.04. The van der Waals surface area contributed by atoms with Crippen LogP contribution in [-0.4, -0.2) is 10.5 Å². The van der Waals surface area contributed by atoms with Crippen molar-refractivity contribution in [2.75, 3.05) is 5.75 Å². The van der Waals surface area contributed by atoms with Crippen LogP contribution < -0.4 is 0 Å². The Kier molecular flexibility index (Phi) is 8.88. The van der Waals surface area contributed by atoms with E-state index in [4.69, 9.17) is 0 Å². The largest absolute Gasteiger partial charge is 0.112 e. The van der Waals surface area contributed by atoms with E-state index < -0.39 is 0 Å². The predicted molar refractivity (Wildman–Crippen MR) is 58.4 cm³/mol. The minimum absolute atomic E-state index is 0.857. The Balaban J connectivity index is 3.32. The third-order valence-corrected chi connectivity index (χ3v) is 3.03. The highest BCUT2D eigenvalue weighted by atomic mass is 32.2. The van der Waals surface area contributed by atoms with Crippen molar-refractivity contribution in [2.45, 2.75) is 39.5 Å². The molecule has 0 aliphatic heterocycles. The molecule has 1 atom stereocenters. The van der Waals surface area contributed by atoms with Crippen LogP contribution in [0.5, 0.6) is 0 Å². The van der Waals surface area contributed by atoms with Crippen LogP contribution in [0.3, 0.4) is 0 Å². The van der Waals surface area contributed by atoms with E-state index >= 15 is 0 Å². The van der Waals surface area contributed by atoms with Gasteiger partial charge in [-0.15, -0.1) is 11.8 Å². The van der Waals surface area contributed by atoms with Gasteiger partial charge in [0.15, 0.2) is 0 Å². The van der Waals surface area contributed by atoms with E-state index in [1.807, 2.05) is 0 Å². The van der Waals surface area contributed by atoms with Crippen molar-refractivity contribution in [2.24, 2.45) is 5.92 Å². The monoisotopic (exact) mass is 189 g/mol. The van der Waals surface area contributed by atoms with Crippen molar-refractivity contribution in [3.63, 3.8) is 0 Å². The molecular formula is C9H17S2. The Morgan fingerprint density at radius 2 is 2.18 bits per heavy atom. The average molecular weight is 189 g/mol. The van der Waals surface area contributed by atoms with Gasteiger partial charge in [-0.3, -0.25) is 0 Å². The van der Waals surface area contributed by atoms with Crippen molar-refractivity contribution in [3.05, 3.63) is 0 Å². The van der Waals surface area contributed by atoms with Crippen molar-refractivity contribution < 1.29 is 0 Å². The van der Waals surface area contributed by atoms with E-state index in [9.17, 15) is 0 Å². The second-order valence-corrected chi connectivity index (χ2v) is 4.10. The summed E-state index contributed by atoms with van der Waals surface area (Å²) in [4.78, 5) is 0. The predicted octanol–water partition coefficient (Wildman–Crippen LogP) is 3.77. The van der Waals surface area contributed by atoms with E-state index in [0.29, 0.717) is 0 Å². The van der Waals surface area contributed by atoms with Gasteiger partial charge < -0.3 is 0 Å². The molecule has 2 heteroatoms. The fourth-order valence-electron chi connectivity index (χ4n) is 1.05. The van der Waals surface area contributed by atoms with Crippen molar-refractivity contribution in [1.29, 1.82) is 0 Å². The zero-order valence-corrected chi connectivity index (χ0v) is 9.06. The zero-order valence-electron chi connectivity index (χ0n) is 7.43. The lowest BCUT2D eigenvalue weighted by atomic mass is 10.0. The summed E-state index contributed by atoms with van der Waals surface area (Å²) in [5.74, 6) is 2.02. The molecule has 0 spiro atoms. The van der Waals surface area contributed by atoms with E-state index in [1.54, 1.807) is 11.8 Å². The Labute approximate surface area is 80.1 Å². The highest BCUT2D eigenvalue weighted by Crippen LogP contribution is 2.16. The van der Waals surface area contributed by atoms with Crippen LogP contribution in [0.25, 0.3) is 0 Å². The Morgan fingerprint density at radius 1 is 1.45 bits per heavy atom. The first-order chi connectivity index (χ1) is 5.35. The van der Waals surface area contributed by atoms with Gasteiger partial charge >= 0.3 is 0 Å². The van der Waals surface area contributed by atoms with Crippen LogP contribution in [0.15, 0.2) is 0 Å². The lowest BCUT2D eigenvalue weighted by molar-refractivity contribution is 0.500. The van der Waals surface area contributed by atoms with E-state index in [2.05, 4.69) is 30.8 Å². The first-order valence-electron chi connectivity index (χ1n) is 4.34. The Morgan fingerprint density at radius 3 is 2.64 bits per heavy atom. The minimum atomic E-state index is 0.857. The van der Waals surface area contributed by atoms with Gasteiger partial charge in [-0.2, -0.15) is 0 Å². The van der Waals surface area contributed by atoms with E-state index in [0.717, 1.165) is 5.92 Å². The number of rotatable bonds is 7. The fraction of sp³-hybridized carbons (Fsp3) is 0.889. The maximum Gasteiger partial charge on any atom is 0.0951 e. The molecule has 0 heterocycles. The molecule has 0 rings (SSSR count). The van der Waals surface area contributed by atoms with E-state index in [-0.39, 0.29) is 0 Å². The second kappa shape index (κ2) is 8.54. The molecule has 0 bridgehead atoms. The van der Waals surface area contributed by atoms with Crippen LogP contribution in [0, 0.1) is 5.92 Å². The fourth-order valence-corrected chi connectivity index (χ4v) is 1.96. The molecule has 0 amide bonds. The van der Waals surface area contributed by atoms with Gasteiger partial charge in [-0.25, -0.2) is 0 Å². The van der Waals surface area contributed by atoms with Gasteiger partial charge in [-0.05, 0) is 12.3 Å². The van der Waals surface area contributed by atoms with Crippen LogP contribution in [-0.2, 0) is 0 Å². The van der Waals surface area contributed by atoms with Crippen molar-refractivity contribution in [3.8, 4) is 0 Å². The first kappa shape index (κ1) is 11.4. The molecule has 0 aromatic carbocycles. The summed E-state index contributed by atoms with van der Waals surface area (Å²) in [6.07, 6.45) is 5.31. The SMILES string of the molecule is CCCCC(CC)CS[C]=S.